The first-order valence-electron chi connectivity index (χ1n) is 9.08. The Morgan fingerprint density at radius 1 is 1.25 bits per heavy atom. The Kier molecular flexibility index (Phi) is 4.48. The summed E-state index contributed by atoms with van der Waals surface area (Å²) in [5, 5.41) is 8.98. The largest absolute Gasteiger partial charge is 0.492 e. The normalized spacial score (nSPS) is 20.4. The lowest BCUT2D eigenvalue weighted by Gasteiger charge is -2.18. The van der Waals surface area contributed by atoms with Crippen molar-refractivity contribution in [3.63, 3.8) is 0 Å². The number of rotatable bonds is 4. The second-order valence-corrected chi connectivity index (χ2v) is 7.33. The monoisotopic (exact) mass is 392 g/mol. The van der Waals surface area contributed by atoms with E-state index in [2.05, 4.69) is 0 Å². The fraction of sp³-hybridized carbons (Fsp3) is 0.381. The Bertz CT molecular complexity index is 936. The maximum Gasteiger partial charge on any atom is 0.416 e. The van der Waals surface area contributed by atoms with E-state index < -0.39 is 23.8 Å². The number of carboxylic acids is 1. The average molecular weight is 392 g/mol. The highest BCUT2D eigenvalue weighted by Gasteiger charge is 2.38. The molecule has 4 rings (SSSR count). The van der Waals surface area contributed by atoms with Gasteiger partial charge in [0.15, 0.2) is 0 Å². The van der Waals surface area contributed by atoms with Crippen LogP contribution in [0.15, 0.2) is 30.3 Å². The molecule has 0 spiro atoms. The molecule has 1 N–H and O–H groups in total. The first-order chi connectivity index (χ1) is 13.2. The number of alkyl halides is 3. The SMILES string of the molecule is Cc1cc2c(c(C(F)(F)F)c1)CCC2Oc1ccc2c(c1)OCC2CC(=O)O. The van der Waals surface area contributed by atoms with Gasteiger partial charge in [-0.3, -0.25) is 4.79 Å². The third kappa shape index (κ3) is 3.41. The molecule has 2 aliphatic rings. The summed E-state index contributed by atoms with van der Waals surface area (Å²) in [4.78, 5) is 10.9. The van der Waals surface area contributed by atoms with Gasteiger partial charge in [0.25, 0.3) is 0 Å². The van der Waals surface area contributed by atoms with E-state index in [1.807, 2.05) is 0 Å². The van der Waals surface area contributed by atoms with Crippen molar-refractivity contribution >= 4 is 5.97 Å². The van der Waals surface area contributed by atoms with E-state index in [0.29, 0.717) is 47.6 Å². The maximum absolute atomic E-state index is 13.4. The van der Waals surface area contributed by atoms with Crippen LogP contribution in [0.5, 0.6) is 11.5 Å². The van der Waals surface area contributed by atoms with Crippen molar-refractivity contribution in [3.8, 4) is 11.5 Å². The molecule has 1 aliphatic carbocycles. The molecule has 2 unspecified atom stereocenters. The summed E-state index contributed by atoms with van der Waals surface area (Å²) in [7, 11) is 0. The minimum absolute atomic E-state index is 0.0112. The molecule has 1 aliphatic heterocycles. The Labute approximate surface area is 159 Å². The predicted octanol–water partition coefficient (Wildman–Crippen LogP) is 5.03. The van der Waals surface area contributed by atoms with Crippen molar-refractivity contribution < 1.29 is 32.5 Å². The molecule has 2 aromatic rings. The van der Waals surface area contributed by atoms with E-state index in [9.17, 15) is 18.0 Å². The maximum atomic E-state index is 13.4. The van der Waals surface area contributed by atoms with Gasteiger partial charge in [-0.2, -0.15) is 13.2 Å². The highest BCUT2D eigenvalue weighted by Crippen LogP contribution is 2.44. The third-order valence-corrected chi connectivity index (χ3v) is 5.30. The van der Waals surface area contributed by atoms with Gasteiger partial charge in [0.05, 0.1) is 18.6 Å². The van der Waals surface area contributed by atoms with Crippen LogP contribution < -0.4 is 9.47 Å². The third-order valence-electron chi connectivity index (χ3n) is 5.30. The zero-order valence-electron chi connectivity index (χ0n) is 15.2. The zero-order valence-corrected chi connectivity index (χ0v) is 15.2. The van der Waals surface area contributed by atoms with Gasteiger partial charge >= 0.3 is 12.1 Å². The zero-order chi connectivity index (χ0) is 20.1. The number of ether oxygens (including phenoxy) is 2. The highest BCUT2D eigenvalue weighted by atomic mass is 19.4. The number of aliphatic carboxylic acids is 1. The van der Waals surface area contributed by atoms with Crippen LogP contribution in [-0.2, 0) is 17.4 Å². The molecule has 0 fully saturated rings. The number of hydrogen-bond acceptors (Lipinski definition) is 3. The molecular weight excluding hydrogens is 373 g/mol. The molecule has 0 aromatic heterocycles. The standard InChI is InChI=1S/C21H19F3O4/c1-11-6-16-15(17(7-11)21(22,23)24)4-5-18(16)28-13-2-3-14-12(8-20(25)26)10-27-19(14)9-13/h2-3,6-7,9,12,18H,4-5,8,10H2,1H3,(H,25,26). The van der Waals surface area contributed by atoms with Crippen molar-refractivity contribution in [1.82, 2.24) is 0 Å². The summed E-state index contributed by atoms with van der Waals surface area (Å²) in [5.74, 6) is -0.0178. The summed E-state index contributed by atoms with van der Waals surface area (Å²) >= 11 is 0. The van der Waals surface area contributed by atoms with E-state index in [0.717, 1.165) is 5.56 Å². The summed E-state index contributed by atoms with van der Waals surface area (Å²) in [5.41, 5.74) is 1.68. The molecule has 2 atom stereocenters. The Balaban J connectivity index is 1.58. The number of fused-ring (bicyclic) bond motifs is 2. The lowest BCUT2D eigenvalue weighted by Crippen LogP contribution is -2.10. The van der Waals surface area contributed by atoms with E-state index in [1.165, 1.54) is 6.07 Å². The molecule has 0 amide bonds. The molecular formula is C21H19F3O4. The fourth-order valence-electron chi connectivity index (χ4n) is 4.09. The molecule has 2 aromatic carbocycles. The average Bonchev–Trinajstić information content (AvgIpc) is 3.17. The summed E-state index contributed by atoms with van der Waals surface area (Å²) < 4.78 is 51.6. The van der Waals surface area contributed by atoms with Gasteiger partial charge < -0.3 is 14.6 Å². The van der Waals surface area contributed by atoms with Crippen LogP contribution in [0.1, 0.15) is 52.7 Å². The first-order valence-corrected chi connectivity index (χ1v) is 9.08. The van der Waals surface area contributed by atoms with Crippen LogP contribution in [-0.4, -0.2) is 17.7 Å². The number of carbonyl (C=O) groups is 1. The predicted molar refractivity (Wildman–Crippen MR) is 94.8 cm³/mol. The van der Waals surface area contributed by atoms with Crippen molar-refractivity contribution in [3.05, 3.63) is 58.1 Å². The number of halogens is 3. The molecule has 0 bridgehead atoms. The lowest BCUT2D eigenvalue weighted by molar-refractivity contribution is -0.138. The minimum Gasteiger partial charge on any atom is -0.492 e. The number of carboxylic acid groups (broad SMARTS) is 1. The van der Waals surface area contributed by atoms with E-state index in [-0.39, 0.29) is 12.3 Å². The van der Waals surface area contributed by atoms with Crippen molar-refractivity contribution in [2.45, 2.75) is 44.4 Å². The molecule has 0 radical (unpaired) electrons. The Hall–Kier alpha value is -2.70. The Morgan fingerprint density at radius 3 is 2.75 bits per heavy atom. The van der Waals surface area contributed by atoms with E-state index >= 15 is 0 Å². The van der Waals surface area contributed by atoms with Gasteiger partial charge in [-0.25, -0.2) is 0 Å². The van der Waals surface area contributed by atoms with Crippen molar-refractivity contribution in [2.24, 2.45) is 0 Å². The topological polar surface area (TPSA) is 55.8 Å². The molecule has 28 heavy (non-hydrogen) atoms. The smallest absolute Gasteiger partial charge is 0.416 e. The second kappa shape index (κ2) is 6.72. The summed E-state index contributed by atoms with van der Waals surface area (Å²) in [6.45, 7) is 1.95. The van der Waals surface area contributed by atoms with Crippen LogP contribution in [0.25, 0.3) is 0 Å². The molecule has 7 heteroatoms. The van der Waals surface area contributed by atoms with E-state index in [4.69, 9.17) is 14.6 Å². The minimum atomic E-state index is -4.38. The van der Waals surface area contributed by atoms with Gasteiger partial charge in [0, 0.05) is 17.5 Å². The quantitative estimate of drug-likeness (QED) is 0.793. The molecule has 0 saturated carbocycles. The van der Waals surface area contributed by atoms with E-state index in [1.54, 1.807) is 31.2 Å². The lowest BCUT2D eigenvalue weighted by atomic mass is 9.98. The first kappa shape index (κ1) is 18.7. The van der Waals surface area contributed by atoms with Gasteiger partial charge in [-0.15, -0.1) is 0 Å². The summed E-state index contributed by atoms with van der Waals surface area (Å²) in [6, 6.07) is 8.14. The number of benzene rings is 2. The number of aryl methyl sites for hydroxylation is 1. The highest BCUT2D eigenvalue weighted by molar-refractivity contribution is 5.68. The molecule has 148 valence electrons. The van der Waals surface area contributed by atoms with Crippen molar-refractivity contribution in [1.29, 1.82) is 0 Å². The summed E-state index contributed by atoms with van der Waals surface area (Å²) in [6.07, 6.45) is -4.06. The molecule has 4 nitrogen and oxygen atoms in total. The van der Waals surface area contributed by atoms with Crippen LogP contribution in [0.2, 0.25) is 0 Å². The van der Waals surface area contributed by atoms with Gasteiger partial charge in [0.1, 0.15) is 17.6 Å². The van der Waals surface area contributed by atoms with Crippen LogP contribution >= 0.6 is 0 Å². The molecule has 0 saturated heterocycles. The number of hydrogen-bond donors (Lipinski definition) is 1. The fourth-order valence-corrected chi connectivity index (χ4v) is 4.09. The van der Waals surface area contributed by atoms with Crippen LogP contribution in [0.3, 0.4) is 0 Å². The second-order valence-electron chi connectivity index (χ2n) is 7.33. The van der Waals surface area contributed by atoms with Crippen molar-refractivity contribution in [2.75, 3.05) is 6.61 Å². The van der Waals surface area contributed by atoms with Gasteiger partial charge in [-0.05, 0) is 43.0 Å². The van der Waals surface area contributed by atoms with Crippen LogP contribution in [0, 0.1) is 6.92 Å². The molecule has 1 heterocycles. The van der Waals surface area contributed by atoms with Crippen LogP contribution in [0.4, 0.5) is 13.2 Å². The Morgan fingerprint density at radius 2 is 2.04 bits per heavy atom. The van der Waals surface area contributed by atoms with Gasteiger partial charge in [-0.1, -0.05) is 17.7 Å². The van der Waals surface area contributed by atoms with Gasteiger partial charge in [0.2, 0.25) is 0 Å².